The fourth-order valence-corrected chi connectivity index (χ4v) is 2.23. The normalized spacial score (nSPS) is 10.0. The Morgan fingerprint density at radius 1 is 0.958 bits per heavy atom. The predicted octanol–water partition coefficient (Wildman–Crippen LogP) is 4.49. The highest BCUT2D eigenvalue weighted by Crippen LogP contribution is 2.23. The number of hydrogen-bond donors (Lipinski definition) is 0. The van der Waals surface area contributed by atoms with Gasteiger partial charge in [-0.2, -0.15) is 5.26 Å². The van der Waals surface area contributed by atoms with Crippen LogP contribution in [0.15, 0.2) is 66.9 Å². The van der Waals surface area contributed by atoms with Gasteiger partial charge in [0, 0.05) is 6.20 Å². The number of esters is 1. The Morgan fingerprint density at radius 3 is 2.12 bits per heavy atom. The van der Waals surface area contributed by atoms with Crippen molar-refractivity contribution in [3.8, 4) is 22.9 Å². The van der Waals surface area contributed by atoms with Crippen LogP contribution in [0.4, 0.5) is 0 Å². The number of carbonyl (C=O) groups excluding carboxylic acids is 1. The predicted molar refractivity (Wildman–Crippen MR) is 90.8 cm³/mol. The Morgan fingerprint density at radius 2 is 1.58 bits per heavy atom. The van der Waals surface area contributed by atoms with Crippen LogP contribution in [-0.2, 0) is 0 Å². The molecular formula is C19H11ClN2O2. The molecule has 1 aromatic heterocycles. The Hall–Kier alpha value is -3.16. The Kier molecular flexibility index (Phi) is 4.55. The number of carbonyl (C=O) groups is 1. The molecule has 0 radical (unpaired) electrons. The highest BCUT2D eigenvalue weighted by Gasteiger charge is 2.09. The second kappa shape index (κ2) is 6.95. The number of nitrogens with zero attached hydrogens (tertiary/aromatic N) is 2. The zero-order chi connectivity index (χ0) is 16.9. The van der Waals surface area contributed by atoms with Gasteiger partial charge < -0.3 is 4.74 Å². The van der Waals surface area contributed by atoms with Gasteiger partial charge in [0.25, 0.3) is 0 Å². The molecule has 4 nitrogen and oxygen atoms in total. The van der Waals surface area contributed by atoms with Crippen LogP contribution in [0.1, 0.15) is 15.9 Å². The van der Waals surface area contributed by atoms with Gasteiger partial charge in [0.15, 0.2) is 0 Å². The fourth-order valence-electron chi connectivity index (χ4n) is 2.12. The summed E-state index contributed by atoms with van der Waals surface area (Å²) in [6.07, 6.45) is 1.37. The maximum atomic E-state index is 12.0. The van der Waals surface area contributed by atoms with E-state index in [2.05, 4.69) is 11.1 Å². The van der Waals surface area contributed by atoms with Gasteiger partial charge >= 0.3 is 5.97 Å². The van der Waals surface area contributed by atoms with E-state index in [1.54, 1.807) is 30.3 Å². The van der Waals surface area contributed by atoms with Gasteiger partial charge in [-0.3, -0.25) is 0 Å². The van der Waals surface area contributed by atoms with E-state index in [1.807, 2.05) is 24.3 Å². The summed E-state index contributed by atoms with van der Waals surface area (Å²) >= 11 is 5.69. The van der Waals surface area contributed by atoms with Crippen molar-refractivity contribution in [2.24, 2.45) is 0 Å². The maximum absolute atomic E-state index is 12.0. The summed E-state index contributed by atoms with van der Waals surface area (Å²) in [6, 6.07) is 19.6. The molecule has 0 unspecified atom stereocenters. The molecule has 0 atom stereocenters. The lowest BCUT2D eigenvalue weighted by Crippen LogP contribution is -2.08. The molecule has 5 heteroatoms. The molecule has 0 fully saturated rings. The lowest BCUT2D eigenvalue weighted by molar-refractivity contribution is 0.0734. The van der Waals surface area contributed by atoms with Crippen molar-refractivity contribution in [1.82, 2.24) is 4.98 Å². The van der Waals surface area contributed by atoms with E-state index in [4.69, 9.17) is 21.6 Å². The van der Waals surface area contributed by atoms with Gasteiger partial charge in [0.1, 0.15) is 10.9 Å². The second-order valence-electron chi connectivity index (χ2n) is 4.97. The summed E-state index contributed by atoms with van der Waals surface area (Å²) in [5.74, 6) is -0.0577. The molecule has 0 bridgehead atoms. The average molecular weight is 335 g/mol. The van der Waals surface area contributed by atoms with E-state index in [0.29, 0.717) is 22.0 Å². The minimum atomic E-state index is -0.495. The van der Waals surface area contributed by atoms with Gasteiger partial charge in [-0.25, -0.2) is 9.78 Å². The first-order valence-corrected chi connectivity index (χ1v) is 7.48. The Labute approximate surface area is 143 Å². The number of hydrogen-bond acceptors (Lipinski definition) is 4. The third-order valence-corrected chi connectivity index (χ3v) is 3.60. The van der Waals surface area contributed by atoms with Crippen LogP contribution in [-0.4, -0.2) is 11.0 Å². The third-order valence-electron chi connectivity index (χ3n) is 3.38. The summed E-state index contributed by atoms with van der Waals surface area (Å²) in [4.78, 5) is 15.9. The van der Waals surface area contributed by atoms with E-state index in [0.717, 1.165) is 11.1 Å². The zero-order valence-corrected chi connectivity index (χ0v) is 13.2. The first-order valence-electron chi connectivity index (χ1n) is 7.10. The molecule has 0 N–H and O–H groups in total. The van der Waals surface area contributed by atoms with Crippen LogP contribution >= 0.6 is 11.6 Å². The number of aromatic nitrogens is 1. The summed E-state index contributed by atoms with van der Waals surface area (Å²) in [5.41, 5.74) is 2.89. The molecule has 0 saturated heterocycles. The van der Waals surface area contributed by atoms with Crippen LogP contribution in [0.3, 0.4) is 0 Å². The van der Waals surface area contributed by atoms with Crippen molar-refractivity contribution in [3.63, 3.8) is 0 Å². The van der Waals surface area contributed by atoms with Crippen LogP contribution in [0.2, 0.25) is 5.15 Å². The lowest BCUT2D eigenvalue weighted by atomic mass is 10.0. The van der Waals surface area contributed by atoms with Crippen LogP contribution in [0, 0.1) is 11.3 Å². The van der Waals surface area contributed by atoms with E-state index >= 15 is 0 Å². The minimum absolute atomic E-state index is 0.318. The molecule has 2 aromatic carbocycles. The van der Waals surface area contributed by atoms with Crippen LogP contribution < -0.4 is 4.74 Å². The Balaban J connectivity index is 1.73. The number of benzene rings is 2. The van der Waals surface area contributed by atoms with E-state index in [9.17, 15) is 4.79 Å². The zero-order valence-electron chi connectivity index (χ0n) is 12.4. The lowest BCUT2D eigenvalue weighted by Gasteiger charge is -2.06. The van der Waals surface area contributed by atoms with Gasteiger partial charge in [-0.15, -0.1) is 0 Å². The molecule has 0 aliphatic rings. The van der Waals surface area contributed by atoms with Crippen LogP contribution in [0.5, 0.6) is 5.75 Å². The topological polar surface area (TPSA) is 63.0 Å². The SMILES string of the molecule is N#Cc1ccc(-c2ccc(OC(=O)c3ccc(Cl)nc3)cc2)cc1. The van der Waals surface area contributed by atoms with Crippen molar-refractivity contribution >= 4 is 17.6 Å². The van der Waals surface area contributed by atoms with Crippen molar-refractivity contribution in [2.45, 2.75) is 0 Å². The highest BCUT2D eigenvalue weighted by atomic mass is 35.5. The number of ether oxygens (including phenoxy) is 1. The number of rotatable bonds is 3. The smallest absolute Gasteiger partial charge is 0.345 e. The van der Waals surface area contributed by atoms with Crippen molar-refractivity contribution in [3.05, 3.63) is 83.1 Å². The molecular weight excluding hydrogens is 324 g/mol. The molecule has 24 heavy (non-hydrogen) atoms. The first-order chi connectivity index (χ1) is 11.7. The van der Waals surface area contributed by atoms with Crippen molar-refractivity contribution < 1.29 is 9.53 Å². The molecule has 3 rings (SSSR count). The van der Waals surface area contributed by atoms with Crippen molar-refractivity contribution in [2.75, 3.05) is 0 Å². The fraction of sp³-hybridized carbons (Fsp3) is 0. The molecule has 0 saturated carbocycles. The summed E-state index contributed by atoms with van der Waals surface area (Å²) in [5, 5.41) is 9.14. The standard InChI is InChI=1S/C19H11ClN2O2/c20-18-10-7-16(12-22-18)19(23)24-17-8-5-15(6-9-17)14-3-1-13(11-21)2-4-14/h1-10,12H. The molecule has 116 valence electrons. The number of pyridine rings is 1. The van der Waals surface area contributed by atoms with E-state index in [-0.39, 0.29) is 0 Å². The van der Waals surface area contributed by atoms with E-state index < -0.39 is 5.97 Å². The van der Waals surface area contributed by atoms with Gasteiger partial charge in [0.2, 0.25) is 0 Å². The highest BCUT2D eigenvalue weighted by molar-refractivity contribution is 6.29. The van der Waals surface area contributed by atoms with Gasteiger partial charge in [-0.1, -0.05) is 35.9 Å². The summed E-state index contributed by atoms with van der Waals surface area (Å²) in [6.45, 7) is 0. The van der Waals surface area contributed by atoms with Gasteiger partial charge in [-0.05, 0) is 47.5 Å². The van der Waals surface area contributed by atoms with E-state index in [1.165, 1.54) is 12.3 Å². The second-order valence-corrected chi connectivity index (χ2v) is 5.36. The van der Waals surface area contributed by atoms with Gasteiger partial charge in [0.05, 0.1) is 17.2 Å². The summed E-state index contributed by atoms with van der Waals surface area (Å²) in [7, 11) is 0. The first kappa shape index (κ1) is 15.7. The molecule has 3 aromatic rings. The van der Waals surface area contributed by atoms with Crippen LogP contribution in [0.25, 0.3) is 11.1 Å². The number of halogens is 1. The monoisotopic (exact) mass is 334 g/mol. The molecule has 0 spiro atoms. The minimum Gasteiger partial charge on any atom is -0.423 e. The van der Waals surface area contributed by atoms with Crippen molar-refractivity contribution in [1.29, 1.82) is 5.26 Å². The maximum Gasteiger partial charge on any atom is 0.345 e. The molecule has 0 amide bonds. The third kappa shape index (κ3) is 3.60. The average Bonchev–Trinajstić information content (AvgIpc) is 2.63. The number of nitriles is 1. The largest absolute Gasteiger partial charge is 0.423 e. The quantitative estimate of drug-likeness (QED) is 0.402. The Bertz CT molecular complexity index is 896. The molecule has 0 aliphatic carbocycles. The molecule has 1 heterocycles. The summed E-state index contributed by atoms with van der Waals surface area (Å²) < 4.78 is 5.30. The molecule has 0 aliphatic heterocycles.